The summed E-state index contributed by atoms with van der Waals surface area (Å²) in [4.78, 5) is 11.9. The molecule has 0 amide bonds. The van der Waals surface area contributed by atoms with Gasteiger partial charge in [0.25, 0.3) is 0 Å². The Labute approximate surface area is 144 Å². The van der Waals surface area contributed by atoms with Gasteiger partial charge in [-0.2, -0.15) is 0 Å². The molecule has 1 atom stereocenters. The predicted molar refractivity (Wildman–Crippen MR) is 96.1 cm³/mol. The SMILES string of the molecule is c1ccc(C(OCCc2cnc[nH]2)c2nc3ccccc3s2)cc1. The van der Waals surface area contributed by atoms with E-state index >= 15 is 0 Å². The monoisotopic (exact) mass is 335 g/mol. The number of benzene rings is 2. The highest BCUT2D eigenvalue weighted by molar-refractivity contribution is 7.18. The number of hydrogen-bond donors (Lipinski definition) is 1. The fourth-order valence-electron chi connectivity index (χ4n) is 2.65. The standard InChI is InChI=1S/C19H17N3OS/c1-2-6-14(7-3-1)18(23-11-10-15-12-20-13-21-15)19-22-16-8-4-5-9-17(16)24-19/h1-9,12-13,18H,10-11H2,(H,20,21). The molecule has 5 heteroatoms. The third-order valence-electron chi connectivity index (χ3n) is 3.85. The van der Waals surface area contributed by atoms with E-state index in [0.29, 0.717) is 6.61 Å². The van der Waals surface area contributed by atoms with Gasteiger partial charge in [-0.15, -0.1) is 11.3 Å². The Balaban J connectivity index is 1.60. The van der Waals surface area contributed by atoms with Crippen molar-refractivity contribution in [2.24, 2.45) is 0 Å². The lowest BCUT2D eigenvalue weighted by Gasteiger charge is -2.16. The fourth-order valence-corrected chi connectivity index (χ4v) is 3.69. The van der Waals surface area contributed by atoms with Gasteiger partial charge in [0.1, 0.15) is 11.1 Å². The summed E-state index contributed by atoms with van der Waals surface area (Å²) in [5.41, 5.74) is 3.22. The number of para-hydroxylation sites is 1. The van der Waals surface area contributed by atoms with Gasteiger partial charge in [0, 0.05) is 18.3 Å². The highest BCUT2D eigenvalue weighted by Gasteiger charge is 2.19. The summed E-state index contributed by atoms with van der Waals surface area (Å²) >= 11 is 1.69. The molecular weight excluding hydrogens is 318 g/mol. The molecule has 1 unspecified atom stereocenters. The van der Waals surface area contributed by atoms with Gasteiger partial charge in [-0.3, -0.25) is 0 Å². The molecule has 4 rings (SSSR count). The Morgan fingerprint density at radius 2 is 1.88 bits per heavy atom. The molecule has 24 heavy (non-hydrogen) atoms. The van der Waals surface area contributed by atoms with Crippen LogP contribution in [-0.4, -0.2) is 21.6 Å². The number of H-pyrrole nitrogens is 1. The summed E-state index contributed by atoms with van der Waals surface area (Å²) in [6, 6.07) is 18.5. The Morgan fingerprint density at radius 1 is 1.04 bits per heavy atom. The van der Waals surface area contributed by atoms with E-state index in [1.807, 2.05) is 42.6 Å². The summed E-state index contributed by atoms with van der Waals surface area (Å²) in [5.74, 6) is 0. The lowest BCUT2D eigenvalue weighted by Crippen LogP contribution is -2.09. The second-order valence-corrected chi connectivity index (χ2v) is 6.57. The Kier molecular flexibility index (Phi) is 4.36. The average Bonchev–Trinajstić information content (AvgIpc) is 3.28. The van der Waals surface area contributed by atoms with E-state index in [4.69, 9.17) is 9.72 Å². The summed E-state index contributed by atoms with van der Waals surface area (Å²) in [6.07, 6.45) is 4.18. The van der Waals surface area contributed by atoms with Gasteiger partial charge in [-0.05, 0) is 17.7 Å². The molecule has 0 saturated heterocycles. The van der Waals surface area contributed by atoms with Crippen molar-refractivity contribution >= 4 is 21.6 Å². The molecule has 0 aliphatic carbocycles. The number of nitrogens with zero attached hydrogens (tertiary/aromatic N) is 2. The zero-order valence-corrected chi connectivity index (χ0v) is 13.9. The molecule has 0 spiro atoms. The van der Waals surface area contributed by atoms with E-state index in [2.05, 4.69) is 28.2 Å². The van der Waals surface area contributed by atoms with Gasteiger partial charge in [-0.25, -0.2) is 9.97 Å². The van der Waals surface area contributed by atoms with Crippen LogP contribution in [0, 0.1) is 0 Å². The molecule has 2 aromatic carbocycles. The number of thiazole rings is 1. The normalized spacial score (nSPS) is 12.5. The van der Waals surface area contributed by atoms with Crippen LogP contribution in [0.3, 0.4) is 0 Å². The van der Waals surface area contributed by atoms with Gasteiger partial charge < -0.3 is 9.72 Å². The number of aromatic nitrogens is 3. The van der Waals surface area contributed by atoms with Crippen LogP contribution in [0.25, 0.3) is 10.2 Å². The quantitative estimate of drug-likeness (QED) is 0.569. The molecule has 0 saturated carbocycles. The highest BCUT2D eigenvalue weighted by atomic mass is 32.1. The molecular formula is C19H17N3OS. The van der Waals surface area contributed by atoms with E-state index in [-0.39, 0.29) is 6.10 Å². The molecule has 2 aromatic heterocycles. The van der Waals surface area contributed by atoms with E-state index in [1.165, 1.54) is 4.70 Å². The second kappa shape index (κ2) is 6.95. The Morgan fingerprint density at radius 3 is 2.67 bits per heavy atom. The molecule has 0 fully saturated rings. The number of imidazole rings is 1. The van der Waals surface area contributed by atoms with Crippen molar-refractivity contribution in [1.82, 2.24) is 15.0 Å². The number of fused-ring (bicyclic) bond motifs is 1. The molecule has 1 N–H and O–H groups in total. The third kappa shape index (κ3) is 3.22. The van der Waals surface area contributed by atoms with Crippen LogP contribution in [0.1, 0.15) is 22.4 Å². The maximum absolute atomic E-state index is 6.22. The third-order valence-corrected chi connectivity index (χ3v) is 4.93. The first-order valence-electron chi connectivity index (χ1n) is 7.89. The number of ether oxygens (including phenoxy) is 1. The van der Waals surface area contributed by atoms with Crippen molar-refractivity contribution in [3.05, 3.63) is 83.4 Å². The van der Waals surface area contributed by atoms with E-state index in [1.54, 1.807) is 17.7 Å². The first kappa shape index (κ1) is 15.1. The van der Waals surface area contributed by atoms with Crippen LogP contribution in [0.4, 0.5) is 0 Å². The van der Waals surface area contributed by atoms with Crippen LogP contribution in [-0.2, 0) is 11.2 Å². The van der Waals surface area contributed by atoms with Gasteiger partial charge >= 0.3 is 0 Å². The molecule has 4 aromatic rings. The first-order chi connectivity index (χ1) is 11.9. The van der Waals surface area contributed by atoms with E-state index in [9.17, 15) is 0 Å². The maximum atomic E-state index is 6.22. The minimum Gasteiger partial charge on any atom is -0.366 e. The topological polar surface area (TPSA) is 50.8 Å². The second-order valence-electron chi connectivity index (χ2n) is 5.51. The Bertz CT molecular complexity index is 870. The van der Waals surface area contributed by atoms with E-state index in [0.717, 1.165) is 28.2 Å². The number of nitrogens with one attached hydrogen (secondary N) is 1. The van der Waals surface area contributed by atoms with Crippen molar-refractivity contribution in [3.63, 3.8) is 0 Å². The van der Waals surface area contributed by atoms with E-state index < -0.39 is 0 Å². The molecule has 0 aliphatic rings. The number of hydrogen-bond acceptors (Lipinski definition) is 4. The van der Waals surface area contributed by atoms with Gasteiger partial charge in [0.2, 0.25) is 0 Å². The molecule has 4 nitrogen and oxygen atoms in total. The minimum absolute atomic E-state index is 0.147. The maximum Gasteiger partial charge on any atom is 0.134 e. The molecule has 0 bridgehead atoms. The van der Waals surface area contributed by atoms with Crippen molar-refractivity contribution in [2.75, 3.05) is 6.61 Å². The highest BCUT2D eigenvalue weighted by Crippen LogP contribution is 2.32. The fraction of sp³-hybridized carbons (Fsp3) is 0.158. The molecule has 0 radical (unpaired) electrons. The van der Waals surface area contributed by atoms with Gasteiger partial charge in [-0.1, -0.05) is 42.5 Å². The first-order valence-corrected chi connectivity index (χ1v) is 8.71. The number of aromatic amines is 1. The molecule has 120 valence electrons. The largest absolute Gasteiger partial charge is 0.366 e. The van der Waals surface area contributed by atoms with Crippen LogP contribution < -0.4 is 0 Å². The van der Waals surface area contributed by atoms with Crippen LogP contribution in [0.15, 0.2) is 67.1 Å². The average molecular weight is 335 g/mol. The summed E-state index contributed by atoms with van der Waals surface area (Å²) in [6.45, 7) is 0.609. The van der Waals surface area contributed by atoms with Crippen molar-refractivity contribution < 1.29 is 4.74 Å². The summed E-state index contributed by atoms with van der Waals surface area (Å²) in [5, 5.41) is 0.993. The molecule has 2 heterocycles. The van der Waals surface area contributed by atoms with Crippen LogP contribution in [0.2, 0.25) is 0 Å². The zero-order chi connectivity index (χ0) is 16.2. The minimum atomic E-state index is -0.147. The van der Waals surface area contributed by atoms with Crippen LogP contribution >= 0.6 is 11.3 Å². The number of rotatable bonds is 6. The smallest absolute Gasteiger partial charge is 0.134 e. The zero-order valence-electron chi connectivity index (χ0n) is 13.1. The summed E-state index contributed by atoms with van der Waals surface area (Å²) in [7, 11) is 0. The van der Waals surface area contributed by atoms with Crippen molar-refractivity contribution in [3.8, 4) is 0 Å². The van der Waals surface area contributed by atoms with Crippen molar-refractivity contribution in [1.29, 1.82) is 0 Å². The lowest BCUT2D eigenvalue weighted by molar-refractivity contribution is 0.0821. The van der Waals surface area contributed by atoms with Crippen LogP contribution in [0.5, 0.6) is 0 Å². The predicted octanol–water partition coefficient (Wildman–Crippen LogP) is 4.37. The summed E-state index contributed by atoms with van der Waals surface area (Å²) < 4.78 is 7.40. The van der Waals surface area contributed by atoms with Crippen molar-refractivity contribution in [2.45, 2.75) is 12.5 Å². The lowest BCUT2D eigenvalue weighted by atomic mass is 10.1. The van der Waals surface area contributed by atoms with Gasteiger partial charge in [0.15, 0.2) is 0 Å². The van der Waals surface area contributed by atoms with Gasteiger partial charge in [0.05, 0.1) is 23.2 Å². The molecule has 0 aliphatic heterocycles. The Hall–Kier alpha value is -2.50.